The molecule has 0 aromatic heterocycles. The lowest BCUT2D eigenvalue weighted by Gasteiger charge is -2.14. The van der Waals surface area contributed by atoms with Crippen LogP contribution in [-0.2, 0) is 11.2 Å². The lowest BCUT2D eigenvalue weighted by molar-refractivity contribution is -0.384. The van der Waals surface area contributed by atoms with E-state index in [-0.39, 0.29) is 10.6 Å². The number of non-ortho nitro benzene ring substituents is 1. The molecule has 0 unspecified atom stereocenters. The summed E-state index contributed by atoms with van der Waals surface area (Å²) in [6, 6.07) is 6.75. The Balaban J connectivity index is 1.64. The highest BCUT2D eigenvalue weighted by molar-refractivity contribution is 5.34. The Bertz CT molecular complexity index is 417. The minimum atomic E-state index is -0.363. The van der Waals surface area contributed by atoms with Crippen molar-refractivity contribution >= 4 is 5.69 Å². The van der Waals surface area contributed by atoms with Crippen molar-refractivity contribution in [3.8, 4) is 0 Å². The zero-order chi connectivity index (χ0) is 13.5. The van der Waals surface area contributed by atoms with Gasteiger partial charge >= 0.3 is 0 Å². The van der Waals surface area contributed by atoms with Gasteiger partial charge in [0.15, 0.2) is 0 Å². The number of nitrogens with zero attached hydrogens (tertiary/aromatic N) is 2. The Hall–Kier alpha value is -1.46. The van der Waals surface area contributed by atoms with Gasteiger partial charge in [-0.3, -0.25) is 10.1 Å². The molecule has 1 aliphatic heterocycles. The van der Waals surface area contributed by atoms with Crippen LogP contribution in [0.1, 0.15) is 18.4 Å². The normalized spacial score (nSPS) is 15.8. The summed E-state index contributed by atoms with van der Waals surface area (Å²) in [6.45, 7) is 4.74. The van der Waals surface area contributed by atoms with Crippen LogP contribution in [0.5, 0.6) is 0 Å². The molecule has 1 heterocycles. The van der Waals surface area contributed by atoms with Gasteiger partial charge in [-0.15, -0.1) is 0 Å². The molecule has 0 radical (unpaired) electrons. The van der Waals surface area contributed by atoms with Crippen LogP contribution in [0.2, 0.25) is 0 Å². The highest BCUT2D eigenvalue weighted by atomic mass is 16.6. The van der Waals surface area contributed by atoms with Crippen molar-refractivity contribution in [2.24, 2.45) is 0 Å². The molecule has 0 aliphatic carbocycles. The van der Waals surface area contributed by atoms with Crippen LogP contribution < -0.4 is 0 Å². The third-order valence-corrected chi connectivity index (χ3v) is 3.41. The number of nitro groups is 1. The van der Waals surface area contributed by atoms with E-state index < -0.39 is 0 Å². The molecule has 1 aliphatic rings. The van der Waals surface area contributed by atoms with E-state index in [0.717, 1.165) is 25.1 Å². The Kier molecular flexibility index (Phi) is 5.30. The Morgan fingerprint density at radius 3 is 2.79 bits per heavy atom. The van der Waals surface area contributed by atoms with Gasteiger partial charge < -0.3 is 9.64 Å². The van der Waals surface area contributed by atoms with E-state index in [1.807, 2.05) is 6.07 Å². The summed E-state index contributed by atoms with van der Waals surface area (Å²) >= 11 is 0. The van der Waals surface area contributed by atoms with Crippen molar-refractivity contribution in [3.63, 3.8) is 0 Å². The molecule has 0 amide bonds. The quantitative estimate of drug-likeness (QED) is 0.430. The van der Waals surface area contributed by atoms with E-state index in [0.29, 0.717) is 6.61 Å². The van der Waals surface area contributed by atoms with E-state index >= 15 is 0 Å². The first kappa shape index (κ1) is 14.0. The number of hydrogen-bond acceptors (Lipinski definition) is 4. The lowest BCUT2D eigenvalue weighted by atomic mass is 10.1. The van der Waals surface area contributed by atoms with Gasteiger partial charge in [0.25, 0.3) is 5.69 Å². The van der Waals surface area contributed by atoms with Gasteiger partial charge in [0.1, 0.15) is 0 Å². The topological polar surface area (TPSA) is 55.6 Å². The van der Waals surface area contributed by atoms with Gasteiger partial charge in [0.2, 0.25) is 0 Å². The van der Waals surface area contributed by atoms with Crippen molar-refractivity contribution in [3.05, 3.63) is 39.9 Å². The largest absolute Gasteiger partial charge is 0.380 e. The van der Waals surface area contributed by atoms with Crippen LogP contribution in [0, 0.1) is 10.1 Å². The van der Waals surface area contributed by atoms with Gasteiger partial charge in [-0.05, 0) is 37.9 Å². The lowest BCUT2D eigenvalue weighted by Crippen LogP contribution is -2.24. The average molecular weight is 264 g/mol. The third kappa shape index (κ3) is 4.61. The van der Waals surface area contributed by atoms with Crippen LogP contribution in [0.25, 0.3) is 0 Å². The summed E-state index contributed by atoms with van der Waals surface area (Å²) in [6.07, 6.45) is 3.32. The second-order valence-corrected chi connectivity index (χ2v) is 4.84. The standard InChI is InChI=1S/C14H20N2O3/c17-16(18)14-5-3-4-13(12-14)6-10-19-11-9-15-7-1-2-8-15/h3-5,12H,1-2,6-11H2. The first-order chi connectivity index (χ1) is 9.25. The predicted octanol–water partition coefficient (Wildman–Crippen LogP) is 2.25. The van der Waals surface area contributed by atoms with E-state index in [9.17, 15) is 10.1 Å². The monoisotopic (exact) mass is 264 g/mol. The second-order valence-electron chi connectivity index (χ2n) is 4.84. The van der Waals surface area contributed by atoms with Gasteiger partial charge in [-0.2, -0.15) is 0 Å². The molecular weight excluding hydrogens is 244 g/mol. The molecule has 1 aromatic carbocycles. The zero-order valence-corrected chi connectivity index (χ0v) is 11.1. The molecule has 5 nitrogen and oxygen atoms in total. The fraction of sp³-hybridized carbons (Fsp3) is 0.571. The first-order valence-electron chi connectivity index (χ1n) is 6.79. The fourth-order valence-electron chi connectivity index (χ4n) is 2.32. The molecule has 0 N–H and O–H groups in total. The number of nitro benzene ring substituents is 1. The molecule has 0 saturated carbocycles. The number of ether oxygens (including phenoxy) is 1. The molecular formula is C14H20N2O3. The molecule has 1 aromatic rings. The maximum Gasteiger partial charge on any atom is 0.269 e. The number of rotatable bonds is 7. The predicted molar refractivity (Wildman–Crippen MR) is 73.3 cm³/mol. The van der Waals surface area contributed by atoms with Crippen LogP contribution in [-0.4, -0.2) is 42.7 Å². The summed E-state index contributed by atoms with van der Waals surface area (Å²) in [5, 5.41) is 10.6. The van der Waals surface area contributed by atoms with Crippen molar-refractivity contribution in [2.45, 2.75) is 19.3 Å². The van der Waals surface area contributed by atoms with Crippen molar-refractivity contribution in [1.82, 2.24) is 4.90 Å². The second kappa shape index (κ2) is 7.21. The highest BCUT2D eigenvalue weighted by Crippen LogP contribution is 2.13. The smallest absolute Gasteiger partial charge is 0.269 e. The van der Waals surface area contributed by atoms with Crippen molar-refractivity contribution in [2.75, 3.05) is 32.8 Å². The van der Waals surface area contributed by atoms with E-state index in [1.54, 1.807) is 12.1 Å². The van der Waals surface area contributed by atoms with Gasteiger partial charge in [-0.25, -0.2) is 0 Å². The maximum atomic E-state index is 10.6. The Morgan fingerprint density at radius 2 is 2.05 bits per heavy atom. The summed E-state index contributed by atoms with van der Waals surface area (Å²) < 4.78 is 5.59. The number of likely N-dealkylation sites (tertiary alicyclic amines) is 1. The molecule has 19 heavy (non-hydrogen) atoms. The highest BCUT2D eigenvalue weighted by Gasteiger charge is 2.10. The molecule has 1 saturated heterocycles. The Labute approximate surface area is 113 Å². The van der Waals surface area contributed by atoms with Crippen LogP contribution in [0.15, 0.2) is 24.3 Å². The van der Waals surface area contributed by atoms with Gasteiger partial charge in [-0.1, -0.05) is 12.1 Å². The van der Waals surface area contributed by atoms with E-state index in [4.69, 9.17) is 4.74 Å². The minimum absolute atomic E-state index is 0.148. The van der Waals surface area contributed by atoms with E-state index in [2.05, 4.69) is 4.90 Å². The van der Waals surface area contributed by atoms with Crippen LogP contribution in [0.4, 0.5) is 5.69 Å². The van der Waals surface area contributed by atoms with Crippen molar-refractivity contribution in [1.29, 1.82) is 0 Å². The van der Waals surface area contributed by atoms with Gasteiger partial charge in [0.05, 0.1) is 18.1 Å². The SMILES string of the molecule is O=[N+]([O-])c1cccc(CCOCCN2CCCC2)c1. The molecule has 1 fully saturated rings. The molecule has 5 heteroatoms. The van der Waals surface area contributed by atoms with E-state index in [1.165, 1.54) is 32.0 Å². The molecule has 0 atom stereocenters. The summed E-state index contributed by atoms with van der Waals surface area (Å²) in [5.74, 6) is 0. The fourth-order valence-corrected chi connectivity index (χ4v) is 2.32. The number of benzene rings is 1. The zero-order valence-electron chi connectivity index (χ0n) is 11.1. The summed E-state index contributed by atoms with van der Waals surface area (Å²) in [4.78, 5) is 12.7. The first-order valence-corrected chi connectivity index (χ1v) is 6.79. The third-order valence-electron chi connectivity index (χ3n) is 3.41. The molecule has 0 bridgehead atoms. The minimum Gasteiger partial charge on any atom is -0.380 e. The van der Waals surface area contributed by atoms with Crippen LogP contribution >= 0.6 is 0 Å². The van der Waals surface area contributed by atoms with Crippen LogP contribution in [0.3, 0.4) is 0 Å². The molecule has 0 spiro atoms. The van der Waals surface area contributed by atoms with Crippen molar-refractivity contribution < 1.29 is 9.66 Å². The maximum absolute atomic E-state index is 10.6. The molecule has 2 rings (SSSR count). The Morgan fingerprint density at radius 1 is 1.26 bits per heavy atom. The molecule has 104 valence electrons. The average Bonchev–Trinajstić information content (AvgIpc) is 2.92. The summed E-state index contributed by atoms with van der Waals surface area (Å²) in [7, 11) is 0. The summed E-state index contributed by atoms with van der Waals surface area (Å²) in [5.41, 5.74) is 1.10. The number of hydrogen-bond donors (Lipinski definition) is 0. The van der Waals surface area contributed by atoms with Gasteiger partial charge in [0, 0.05) is 18.7 Å².